The van der Waals surface area contributed by atoms with Crippen LogP contribution in [0.25, 0.3) is 21.0 Å². The summed E-state index contributed by atoms with van der Waals surface area (Å²) in [7, 11) is 1.92. The van der Waals surface area contributed by atoms with Crippen LogP contribution in [0, 0.1) is 0 Å². The van der Waals surface area contributed by atoms with E-state index in [1.807, 2.05) is 42.3 Å². The zero-order valence-corrected chi connectivity index (χ0v) is 16.8. The molecule has 0 saturated carbocycles. The largest absolute Gasteiger partial charge is 0.448 e. The first-order valence-corrected chi connectivity index (χ1v) is 8.99. The van der Waals surface area contributed by atoms with Crippen molar-refractivity contribution < 1.29 is 9.21 Å². The van der Waals surface area contributed by atoms with E-state index < -0.39 is 0 Å². The molecule has 1 atom stereocenters. The fourth-order valence-electron chi connectivity index (χ4n) is 3.24. The number of nitrogens with zero attached hydrogens (tertiary/aromatic N) is 2. The number of thiazole rings is 1. The molecule has 8 heteroatoms. The lowest BCUT2D eigenvalue weighted by molar-refractivity contribution is 0.0705. The number of carbonyl (C=O) groups excluding carboxylic acids is 1. The Morgan fingerprint density at radius 3 is 2.88 bits per heavy atom. The Balaban J connectivity index is 0.00000121. The number of furan rings is 1. The summed E-state index contributed by atoms with van der Waals surface area (Å²) >= 11 is 1.58. The lowest BCUT2D eigenvalue weighted by Crippen LogP contribution is -2.40. The van der Waals surface area contributed by atoms with Crippen LogP contribution in [-0.4, -0.2) is 42.0 Å². The van der Waals surface area contributed by atoms with Gasteiger partial charge in [0, 0.05) is 19.1 Å². The van der Waals surface area contributed by atoms with E-state index in [2.05, 4.69) is 10.3 Å². The minimum absolute atomic E-state index is 0. The number of nitrogens with one attached hydrogen (secondary N) is 1. The summed E-state index contributed by atoms with van der Waals surface area (Å²) in [6.07, 6.45) is 2.08. The van der Waals surface area contributed by atoms with Crippen molar-refractivity contribution in [3.05, 3.63) is 42.2 Å². The smallest absolute Gasteiger partial charge is 0.289 e. The Bertz CT molecular complexity index is 847. The van der Waals surface area contributed by atoms with Crippen LogP contribution < -0.4 is 5.32 Å². The van der Waals surface area contributed by atoms with Crippen molar-refractivity contribution in [1.29, 1.82) is 0 Å². The predicted molar refractivity (Wildman–Crippen MR) is 110 cm³/mol. The first kappa shape index (κ1) is 20.7. The summed E-state index contributed by atoms with van der Waals surface area (Å²) in [5.74, 6) is 1.02. The molecule has 3 heterocycles. The molecule has 0 bridgehead atoms. The topological polar surface area (TPSA) is 58.4 Å². The Hall–Kier alpha value is -1.60. The molecule has 0 aliphatic carbocycles. The SMILES string of the molecule is CNCC1CCCN1C(=O)c1ccc(-c2nc3ccccc3s2)o1.Cl.Cl. The van der Waals surface area contributed by atoms with Crippen LogP contribution in [0.2, 0.25) is 0 Å². The van der Waals surface area contributed by atoms with Gasteiger partial charge in [0.15, 0.2) is 16.5 Å². The molecule has 1 N–H and O–H groups in total. The summed E-state index contributed by atoms with van der Waals surface area (Å²) in [5.41, 5.74) is 0.954. The molecule has 1 fully saturated rings. The Kier molecular flexibility index (Phi) is 7.06. The Morgan fingerprint density at radius 1 is 1.31 bits per heavy atom. The number of fused-ring (bicyclic) bond motifs is 1. The fourth-order valence-corrected chi connectivity index (χ4v) is 4.17. The zero-order valence-electron chi connectivity index (χ0n) is 14.3. The predicted octanol–water partition coefficient (Wildman–Crippen LogP) is 4.22. The van der Waals surface area contributed by atoms with E-state index in [4.69, 9.17) is 4.42 Å². The molecule has 0 radical (unpaired) electrons. The third kappa shape index (κ3) is 3.88. The summed E-state index contributed by atoms with van der Waals surface area (Å²) in [4.78, 5) is 19.2. The molecular formula is C18H21Cl2N3O2S. The van der Waals surface area contributed by atoms with Gasteiger partial charge in [-0.2, -0.15) is 0 Å². The Labute approximate surface area is 168 Å². The fraction of sp³-hybridized carbons (Fsp3) is 0.333. The number of aromatic nitrogens is 1. The van der Waals surface area contributed by atoms with Crippen LogP contribution in [0.4, 0.5) is 0 Å². The minimum atomic E-state index is -0.0277. The highest BCUT2D eigenvalue weighted by molar-refractivity contribution is 7.21. The molecule has 26 heavy (non-hydrogen) atoms. The molecule has 1 aliphatic heterocycles. The number of para-hydroxylation sites is 1. The summed E-state index contributed by atoms with van der Waals surface area (Å²) < 4.78 is 6.95. The molecule has 1 saturated heterocycles. The van der Waals surface area contributed by atoms with E-state index in [-0.39, 0.29) is 36.8 Å². The van der Waals surface area contributed by atoms with Gasteiger partial charge in [0.2, 0.25) is 0 Å². The highest BCUT2D eigenvalue weighted by Gasteiger charge is 2.30. The summed E-state index contributed by atoms with van der Waals surface area (Å²) in [6.45, 7) is 1.61. The van der Waals surface area contributed by atoms with Gasteiger partial charge in [0.1, 0.15) is 0 Å². The van der Waals surface area contributed by atoms with Crippen molar-refractivity contribution >= 4 is 52.3 Å². The number of halogens is 2. The van der Waals surface area contributed by atoms with Gasteiger partial charge < -0.3 is 14.6 Å². The van der Waals surface area contributed by atoms with E-state index in [0.717, 1.165) is 41.2 Å². The maximum atomic E-state index is 12.7. The summed E-state index contributed by atoms with van der Waals surface area (Å²) in [6, 6.07) is 11.8. The van der Waals surface area contributed by atoms with Gasteiger partial charge in [0.05, 0.1) is 10.2 Å². The van der Waals surface area contributed by atoms with Gasteiger partial charge in [-0.05, 0) is 44.2 Å². The quantitative estimate of drug-likeness (QED) is 0.695. The molecule has 4 rings (SSSR count). The zero-order chi connectivity index (χ0) is 16.5. The van der Waals surface area contributed by atoms with Crippen LogP contribution in [0.3, 0.4) is 0 Å². The second kappa shape index (κ2) is 8.86. The maximum absolute atomic E-state index is 12.7. The molecular weight excluding hydrogens is 393 g/mol. The van der Waals surface area contributed by atoms with E-state index in [1.165, 1.54) is 0 Å². The second-order valence-corrected chi connectivity index (χ2v) is 7.03. The van der Waals surface area contributed by atoms with Crippen LogP contribution in [0.5, 0.6) is 0 Å². The van der Waals surface area contributed by atoms with Gasteiger partial charge in [0.25, 0.3) is 5.91 Å². The minimum Gasteiger partial charge on any atom is -0.448 e. The summed E-state index contributed by atoms with van der Waals surface area (Å²) in [5, 5.41) is 3.97. The van der Waals surface area contributed by atoms with E-state index in [9.17, 15) is 4.79 Å². The third-order valence-corrected chi connectivity index (χ3v) is 5.45. The average molecular weight is 414 g/mol. The normalized spacial score (nSPS) is 16.3. The number of carbonyl (C=O) groups is 1. The van der Waals surface area contributed by atoms with Gasteiger partial charge >= 0.3 is 0 Å². The van der Waals surface area contributed by atoms with Crippen molar-refractivity contribution in [3.63, 3.8) is 0 Å². The molecule has 1 unspecified atom stereocenters. The van der Waals surface area contributed by atoms with Crippen LogP contribution in [-0.2, 0) is 0 Å². The van der Waals surface area contributed by atoms with Crippen LogP contribution in [0.1, 0.15) is 23.4 Å². The number of likely N-dealkylation sites (tertiary alicyclic amines) is 1. The Morgan fingerprint density at radius 2 is 2.12 bits per heavy atom. The number of amides is 1. The third-order valence-electron chi connectivity index (χ3n) is 4.40. The first-order chi connectivity index (χ1) is 11.8. The molecule has 0 spiro atoms. The molecule has 1 amide bonds. The number of rotatable bonds is 4. The van der Waals surface area contributed by atoms with Crippen molar-refractivity contribution in [2.75, 3.05) is 20.1 Å². The van der Waals surface area contributed by atoms with Gasteiger partial charge in [-0.3, -0.25) is 4.79 Å². The molecule has 1 aliphatic rings. The van der Waals surface area contributed by atoms with E-state index in [0.29, 0.717) is 11.5 Å². The van der Waals surface area contributed by atoms with Crippen LogP contribution in [0.15, 0.2) is 40.8 Å². The molecule has 5 nitrogen and oxygen atoms in total. The standard InChI is InChI=1S/C18H19N3O2S.2ClH/c1-19-11-12-5-4-10-21(12)18(22)15-9-8-14(23-15)17-20-13-6-2-3-7-16(13)24-17;;/h2-3,6-9,12,19H,4-5,10-11H2,1H3;2*1H. The van der Waals surface area contributed by atoms with E-state index in [1.54, 1.807) is 17.4 Å². The second-order valence-electron chi connectivity index (χ2n) is 6.00. The highest BCUT2D eigenvalue weighted by Crippen LogP contribution is 2.31. The van der Waals surface area contributed by atoms with Gasteiger partial charge in [-0.1, -0.05) is 12.1 Å². The number of benzene rings is 1. The molecule has 1 aromatic carbocycles. The molecule has 2 aromatic heterocycles. The monoisotopic (exact) mass is 413 g/mol. The number of hydrogen-bond acceptors (Lipinski definition) is 5. The van der Waals surface area contributed by atoms with Crippen molar-refractivity contribution in [2.45, 2.75) is 18.9 Å². The number of likely N-dealkylation sites (N-methyl/N-ethyl adjacent to an activating group) is 1. The lowest BCUT2D eigenvalue weighted by Gasteiger charge is -2.23. The van der Waals surface area contributed by atoms with Crippen molar-refractivity contribution in [2.24, 2.45) is 0 Å². The number of hydrogen-bond donors (Lipinski definition) is 1. The lowest BCUT2D eigenvalue weighted by atomic mass is 10.2. The van der Waals surface area contributed by atoms with Crippen molar-refractivity contribution in [1.82, 2.24) is 15.2 Å². The molecule has 3 aromatic rings. The van der Waals surface area contributed by atoms with Gasteiger partial charge in [-0.15, -0.1) is 36.2 Å². The molecule has 140 valence electrons. The average Bonchev–Trinajstić information content (AvgIpc) is 3.32. The van der Waals surface area contributed by atoms with Gasteiger partial charge in [-0.25, -0.2) is 4.98 Å². The van der Waals surface area contributed by atoms with Crippen molar-refractivity contribution in [3.8, 4) is 10.8 Å². The first-order valence-electron chi connectivity index (χ1n) is 8.17. The van der Waals surface area contributed by atoms with E-state index >= 15 is 0 Å². The van der Waals surface area contributed by atoms with Crippen LogP contribution >= 0.6 is 36.2 Å². The highest BCUT2D eigenvalue weighted by atomic mass is 35.5. The maximum Gasteiger partial charge on any atom is 0.289 e.